The van der Waals surface area contributed by atoms with Crippen molar-refractivity contribution in [2.45, 2.75) is 26.0 Å². The number of aliphatic hydroxyl groups is 1. The number of carbonyl (C=O) groups is 2. The highest BCUT2D eigenvalue weighted by Gasteiger charge is 2.22. The van der Waals surface area contributed by atoms with Gasteiger partial charge in [-0.3, -0.25) is 9.59 Å². The van der Waals surface area contributed by atoms with E-state index in [1.807, 2.05) is 0 Å². The zero-order valence-electron chi connectivity index (χ0n) is 7.42. The lowest BCUT2D eigenvalue weighted by Crippen LogP contribution is -2.51. The quantitative estimate of drug-likeness (QED) is 0.493. The van der Waals surface area contributed by atoms with Crippen LogP contribution in [0, 0.1) is 0 Å². The van der Waals surface area contributed by atoms with Crippen molar-refractivity contribution >= 4 is 11.8 Å². The van der Waals surface area contributed by atoms with E-state index in [4.69, 9.17) is 5.11 Å². The van der Waals surface area contributed by atoms with Gasteiger partial charge in [-0.25, -0.2) is 0 Å². The summed E-state index contributed by atoms with van der Waals surface area (Å²) in [7, 11) is 1.44. The summed E-state index contributed by atoms with van der Waals surface area (Å²) in [6.45, 7) is 2.73. The number of hydrogen-bond acceptors (Lipinski definition) is 3. The lowest BCUT2D eigenvalue weighted by molar-refractivity contribution is -0.130. The van der Waals surface area contributed by atoms with Crippen LogP contribution >= 0.6 is 0 Å². The van der Waals surface area contributed by atoms with Crippen molar-refractivity contribution in [3.05, 3.63) is 0 Å². The van der Waals surface area contributed by atoms with Crippen molar-refractivity contribution in [2.24, 2.45) is 0 Å². The van der Waals surface area contributed by atoms with E-state index in [9.17, 15) is 9.59 Å². The first-order chi connectivity index (χ1) is 5.49. The molecule has 0 spiro atoms. The molecule has 0 radical (unpaired) electrons. The van der Waals surface area contributed by atoms with Gasteiger partial charge in [0.1, 0.15) is 6.04 Å². The largest absolute Gasteiger partial charge is 0.391 e. The fraction of sp³-hybridized carbons (Fsp3) is 0.714. The molecule has 0 rings (SSSR count). The molecule has 5 heteroatoms. The molecule has 0 aliphatic heterocycles. The minimum Gasteiger partial charge on any atom is -0.391 e. The predicted molar refractivity (Wildman–Crippen MR) is 43.4 cm³/mol. The molecular weight excluding hydrogens is 160 g/mol. The summed E-state index contributed by atoms with van der Waals surface area (Å²) in [6.07, 6.45) is -0.895. The zero-order chi connectivity index (χ0) is 9.72. The van der Waals surface area contributed by atoms with E-state index >= 15 is 0 Å². The van der Waals surface area contributed by atoms with Gasteiger partial charge in [-0.15, -0.1) is 0 Å². The van der Waals surface area contributed by atoms with Gasteiger partial charge >= 0.3 is 0 Å². The summed E-state index contributed by atoms with van der Waals surface area (Å²) < 4.78 is 0. The van der Waals surface area contributed by atoms with E-state index in [0.717, 1.165) is 0 Å². The summed E-state index contributed by atoms with van der Waals surface area (Å²) >= 11 is 0. The zero-order valence-corrected chi connectivity index (χ0v) is 7.42. The van der Waals surface area contributed by atoms with Gasteiger partial charge in [0.05, 0.1) is 6.10 Å². The molecule has 0 aromatic heterocycles. The average molecular weight is 174 g/mol. The van der Waals surface area contributed by atoms with Crippen LogP contribution < -0.4 is 10.6 Å². The Labute approximate surface area is 71.1 Å². The molecule has 0 aromatic rings. The molecular formula is C7H14N2O3. The van der Waals surface area contributed by atoms with E-state index in [1.165, 1.54) is 20.9 Å². The normalized spacial score (nSPS) is 14.7. The maximum absolute atomic E-state index is 11.0. The summed E-state index contributed by atoms with van der Waals surface area (Å²) in [5.74, 6) is -0.746. The lowest BCUT2D eigenvalue weighted by atomic mass is 10.1. The molecule has 2 amide bonds. The van der Waals surface area contributed by atoms with Gasteiger partial charge in [0, 0.05) is 14.0 Å². The highest BCUT2D eigenvalue weighted by atomic mass is 16.3. The number of rotatable bonds is 3. The summed E-state index contributed by atoms with van der Waals surface area (Å²) in [5.41, 5.74) is 0. The number of amides is 2. The van der Waals surface area contributed by atoms with Crippen LogP contribution in [-0.2, 0) is 9.59 Å². The van der Waals surface area contributed by atoms with Crippen LogP contribution in [0.25, 0.3) is 0 Å². The van der Waals surface area contributed by atoms with Gasteiger partial charge in [0.2, 0.25) is 11.8 Å². The fourth-order valence-corrected chi connectivity index (χ4v) is 0.780. The maximum atomic E-state index is 11.0. The topological polar surface area (TPSA) is 78.4 Å². The smallest absolute Gasteiger partial charge is 0.245 e. The fourth-order valence-electron chi connectivity index (χ4n) is 0.780. The van der Waals surface area contributed by atoms with Gasteiger partial charge in [0.25, 0.3) is 0 Å². The van der Waals surface area contributed by atoms with Crippen molar-refractivity contribution in [3.63, 3.8) is 0 Å². The second kappa shape index (κ2) is 4.71. The Morgan fingerprint density at radius 3 is 2.17 bits per heavy atom. The standard InChI is InChI=1S/C7H14N2O3/c1-4(10)6(7(12)8-3)9-5(2)11/h4,6,10H,1-3H3,(H,8,12)(H,9,11). The third kappa shape index (κ3) is 3.34. The molecule has 0 saturated carbocycles. The molecule has 5 nitrogen and oxygen atoms in total. The first-order valence-electron chi connectivity index (χ1n) is 3.65. The molecule has 12 heavy (non-hydrogen) atoms. The van der Waals surface area contributed by atoms with Crippen LogP contribution in [0.2, 0.25) is 0 Å². The van der Waals surface area contributed by atoms with E-state index < -0.39 is 18.1 Å². The molecule has 2 atom stereocenters. The highest BCUT2D eigenvalue weighted by molar-refractivity contribution is 5.87. The third-order valence-corrected chi connectivity index (χ3v) is 1.37. The van der Waals surface area contributed by atoms with Crippen molar-refractivity contribution < 1.29 is 14.7 Å². The molecule has 2 unspecified atom stereocenters. The molecule has 0 aromatic carbocycles. The van der Waals surface area contributed by atoms with Gasteiger partial charge < -0.3 is 15.7 Å². The average Bonchev–Trinajstić information content (AvgIpc) is 1.98. The second-order valence-electron chi connectivity index (χ2n) is 2.53. The Bertz CT molecular complexity index is 179. The Hall–Kier alpha value is -1.10. The van der Waals surface area contributed by atoms with Crippen LogP contribution in [0.15, 0.2) is 0 Å². The van der Waals surface area contributed by atoms with Crippen LogP contribution in [0.4, 0.5) is 0 Å². The number of hydrogen-bond donors (Lipinski definition) is 3. The van der Waals surface area contributed by atoms with Gasteiger partial charge in [0.15, 0.2) is 0 Å². The summed E-state index contributed by atoms with van der Waals surface area (Å²) in [6, 6.07) is -0.868. The van der Waals surface area contributed by atoms with Crippen LogP contribution in [0.3, 0.4) is 0 Å². The molecule has 0 bridgehead atoms. The second-order valence-corrected chi connectivity index (χ2v) is 2.53. The molecule has 0 aliphatic rings. The van der Waals surface area contributed by atoms with Gasteiger partial charge in [-0.05, 0) is 6.92 Å². The van der Waals surface area contributed by atoms with E-state index in [1.54, 1.807) is 0 Å². The van der Waals surface area contributed by atoms with Crippen molar-refractivity contribution in [2.75, 3.05) is 7.05 Å². The molecule has 0 heterocycles. The number of carbonyl (C=O) groups excluding carboxylic acids is 2. The van der Waals surface area contributed by atoms with Crippen molar-refractivity contribution in [1.29, 1.82) is 0 Å². The number of nitrogens with one attached hydrogen (secondary N) is 2. The molecule has 0 aliphatic carbocycles. The third-order valence-electron chi connectivity index (χ3n) is 1.37. The molecule has 70 valence electrons. The van der Waals surface area contributed by atoms with Gasteiger partial charge in [-0.1, -0.05) is 0 Å². The molecule has 0 saturated heterocycles. The van der Waals surface area contributed by atoms with E-state index in [2.05, 4.69) is 10.6 Å². The Morgan fingerprint density at radius 2 is 1.92 bits per heavy atom. The van der Waals surface area contributed by atoms with E-state index in [0.29, 0.717) is 0 Å². The van der Waals surface area contributed by atoms with E-state index in [-0.39, 0.29) is 5.91 Å². The minimum absolute atomic E-state index is 0.343. The Balaban J connectivity index is 4.23. The number of aliphatic hydroxyl groups excluding tert-OH is 1. The van der Waals surface area contributed by atoms with Gasteiger partial charge in [-0.2, -0.15) is 0 Å². The van der Waals surface area contributed by atoms with Crippen molar-refractivity contribution in [1.82, 2.24) is 10.6 Å². The number of likely N-dealkylation sites (N-methyl/N-ethyl adjacent to an activating group) is 1. The monoisotopic (exact) mass is 174 g/mol. The maximum Gasteiger partial charge on any atom is 0.245 e. The Kier molecular flexibility index (Phi) is 4.28. The molecule has 3 N–H and O–H groups in total. The van der Waals surface area contributed by atoms with Crippen LogP contribution in [0.1, 0.15) is 13.8 Å². The Morgan fingerprint density at radius 1 is 1.42 bits per heavy atom. The van der Waals surface area contributed by atoms with Crippen LogP contribution in [0.5, 0.6) is 0 Å². The minimum atomic E-state index is -0.895. The van der Waals surface area contributed by atoms with Crippen molar-refractivity contribution in [3.8, 4) is 0 Å². The first-order valence-corrected chi connectivity index (χ1v) is 3.65. The first kappa shape index (κ1) is 10.9. The summed E-state index contributed by atoms with van der Waals surface area (Å²) in [4.78, 5) is 21.6. The van der Waals surface area contributed by atoms with Crippen LogP contribution in [-0.4, -0.2) is 36.1 Å². The SMILES string of the molecule is CNC(=O)C(NC(C)=O)C(C)O. The molecule has 0 fully saturated rings. The highest BCUT2D eigenvalue weighted by Crippen LogP contribution is 1.92. The predicted octanol–water partition coefficient (Wildman–Crippen LogP) is -1.38. The lowest BCUT2D eigenvalue weighted by Gasteiger charge is -2.18. The summed E-state index contributed by atoms with van der Waals surface area (Å²) in [5, 5.41) is 13.8.